The summed E-state index contributed by atoms with van der Waals surface area (Å²) < 4.78 is 7.34. The van der Waals surface area contributed by atoms with Crippen LogP contribution in [0.25, 0.3) is 0 Å². The van der Waals surface area contributed by atoms with Crippen molar-refractivity contribution in [2.75, 3.05) is 44.6 Å². The van der Waals surface area contributed by atoms with E-state index in [9.17, 15) is 9.59 Å². The zero-order chi connectivity index (χ0) is 19.8. The Morgan fingerprint density at radius 1 is 1.07 bits per heavy atom. The minimum atomic E-state index is -0.191. The molecule has 1 aliphatic rings. The number of nitrogens with one attached hydrogen (secondary N) is 1. The number of anilines is 1. The summed E-state index contributed by atoms with van der Waals surface area (Å²) in [5, 5.41) is 6.79. The monoisotopic (exact) mass is 385 g/mol. The zero-order valence-corrected chi connectivity index (χ0v) is 16.2. The summed E-state index contributed by atoms with van der Waals surface area (Å²) in [7, 11) is 1.78. The Morgan fingerprint density at radius 2 is 1.82 bits per heavy atom. The highest BCUT2D eigenvalue weighted by Crippen LogP contribution is 2.10. The maximum atomic E-state index is 12.3. The lowest BCUT2D eigenvalue weighted by molar-refractivity contribution is -0.134. The SMILES string of the molecule is Cn1ccc(NC(=O)CCC(=O)N2CCN(CCOc3ccccc3)CC2)n1. The topological polar surface area (TPSA) is 79.7 Å². The lowest BCUT2D eigenvalue weighted by Crippen LogP contribution is -2.49. The minimum absolute atomic E-state index is 0.0244. The van der Waals surface area contributed by atoms with Crippen molar-refractivity contribution in [1.29, 1.82) is 0 Å². The maximum Gasteiger partial charge on any atom is 0.226 e. The molecule has 1 fully saturated rings. The summed E-state index contributed by atoms with van der Waals surface area (Å²) in [6.07, 6.45) is 2.14. The van der Waals surface area contributed by atoms with Gasteiger partial charge in [-0.2, -0.15) is 5.10 Å². The quantitative estimate of drug-likeness (QED) is 0.742. The number of aromatic nitrogens is 2. The van der Waals surface area contributed by atoms with Crippen molar-refractivity contribution in [1.82, 2.24) is 19.6 Å². The largest absolute Gasteiger partial charge is 0.492 e. The maximum absolute atomic E-state index is 12.3. The van der Waals surface area contributed by atoms with E-state index in [1.807, 2.05) is 35.2 Å². The van der Waals surface area contributed by atoms with Gasteiger partial charge in [0, 0.05) is 64.9 Å². The number of para-hydroxylation sites is 1. The molecule has 2 aromatic rings. The standard InChI is InChI=1S/C20H27N5O3/c1-23-10-9-18(22-23)21-19(26)7-8-20(27)25-13-11-24(12-14-25)15-16-28-17-5-3-2-4-6-17/h2-6,9-10H,7-8,11-16H2,1H3,(H,21,22,26). The first-order chi connectivity index (χ1) is 13.6. The number of nitrogens with zero attached hydrogens (tertiary/aromatic N) is 4. The lowest BCUT2D eigenvalue weighted by Gasteiger charge is -2.34. The second kappa shape index (κ2) is 9.89. The van der Waals surface area contributed by atoms with E-state index in [1.54, 1.807) is 24.0 Å². The Kier molecular flexibility index (Phi) is 7.02. The van der Waals surface area contributed by atoms with Crippen molar-refractivity contribution >= 4 is 17.6 Å². The van der Waals surface area contributed by atoms with Crippen LogP contribution in [0, 0.1) is 0 Å². The summed E-state index contributed by atoms with van der Waals surface area (Å²) in [5.41, 5.74) is 0. The number of aryl methyl sites for hydroxylation is 1. The highest BCUT2D eigenvalue weighted by molar-refractivity contribution is 5.92. The first-order valence-electron chi connectivity index (χ1n) is 9.57. The van der Waals surface area contributed by atoms with Gasteiger partial charge in [0.1, 0.15) is 12.4 Å². The van der Waals surface area contributed by atoms with Gasteiger partial charge in [-0.1, -0.05) is 18.2 Å². The van der Waals surface area contributed by atoms with E-state index < -0.39 is 0 Å². The fraction of sp³-hybridized carbons (Fsp3) is 0.450. The molecule has 28 heavy (non-hydrogen) atoms. The van der Waals surface area contributed by atoms with Crippen LogP contribution >= 0.6 is 0 Å². The molecule has 0 atom stereocenters. The third kappa shape index (κ3) is 6.09. The van der Waals surface area contributed by atoms with Crippen LogP contribution in [0.15, 0.2) is 42.6 Å². The molecule has 0 aliphatic carbocycles. The van der Waals surface area contributed by atoms with E-state index in [0.29, 0.717) is 25.5 Å². The molecular weight excluding hydrogens is 358 g/mol. The van der Waals surface area contributed by atoms with Crippen LogP contribution < -0.4 is 10.1 Å². The van der Waals surface area contributed by atoms with Crippen molar-refractivity contribution in [3.8, 4) is 5.75 Å². The number of hydrogen-bond donors (Lipinski definition) is 1. The molecule has 150 valence electrons. The number of carbonyl (C=O) groups is 2. The van der Waals surface area contributed by atoms with Gasteiger partial charge in [-0.05, 0) is 12.1 Å². The van der Waals surface area contributed by atoms with E-state index in [1.165, 1.54) is 0 Å². The Labute approximate surface area is 165 Å². The number of piperazine rings is 1. The molecule has 0 unspecified atom stereocenters. The molecule has 2 heterocycles. The van der Waals surface area contributed by atoms with Gasteiger partial charge in [-0.25, -0.2) is 0 Å². The van der Waals surface area contributed by atoms with Crippen LogP contribution in [0.2, 0.25) is 0 Å². The van der Waals surface area contributed by atoms with Gasteiger partial charge in [0.15, 0.2) is 5.82 Å². The third-order valence-electron chi connectivity index (χ3n) is 4.69. The molecule has 0 spiro atoms. The number of carbonyl (C=O) groups excluding carboxylic acids is 2. The van der Waals surface area contributed by atoms with Crippen LogP contribution in [-0.4, -0.2) is 70.7 Å². The fourth-order valence-electron chi connectivity index (χ4n) is 3.10. The van der Waals surface area contributed by atoms with Gasteiger partial charge in [-0.15, -0.1) is 0 Å². The fourth-order valence-corrected chi connectivity index (χ4v) is 3.10. The van der Waals surface area contributed by atoms with Crippen molar-refractivity contribution in [3.05, 3.63) is 42.6 Å². The first kappa shape index (κ1) is 19.9. The van der Waals surface area contributed by atoms with Crippen LogP contribution in [-0.2, 0) is 16.6 Å². The second-order valence-corrected chi connectivity index (χ2v) is 6.81. The summed E-state index contributed by atoms with van der Waals surface area (Å²) in [4.78, 5) is 28.4. The predicted octanol–water partition coefficient (Wildman–Crippen LogP) is 1.36. The van der Waals surface area contributed by atoms with Crippen LogP contribution in [0.4, 0.5) is 5.82 Å². The Balaban J connectivity index is 1.30. The molecule has 1 aliphatic heterocycles. The highest BCUT2D eigenvalue weighted by atomic mass is 16.5. The summed E-state index contributed by atoms with van der Waals surface area (Å²) in [6, 6.07) is 11.5. The Hall–Kier alpha value is -2.87. The van der Waals surface area contributed by atoms with E-state index in [2.05, 4.69) is 15.3 Å². The molecule has 3 rings (SSSR count). The molecule has 0 bridgehead atoms. The van der Waals surface area contributed by atoms with Crippen molar-refractivity contribution in [2.24, 2.45) is 7.05 Å². The van der Waals surface area contributed by atoms with Gasteiger partial charge < -0.3 is 15.0 Å². The Bertz CT molecular complexity index is 769. The van der Waals surface area contributed by atoms with Crippen LogP contribution in [0.5, 0.6) is 5.75 Å². The smallest absolute Gasteiger partial charge is 0.226 e. The highest BCUT2D eigenvalue weighted by Gasteiger charge is 2.21. The molecular formula is C20H27N5O3. The molecule has 0 radical (unpaired) electrons. The molecule has 1 N–H and O–H groups in total. The zero-order valence-electron chi connectivity index (χ0n) is 16.2. The molecule has 8 heteroatoms. The van der Waals surface area contributed by atoms with E-state index in [0.717, 1.165) is 25.4 Å². The molecule has 0 saturated carbocycles. The number of rotatable bonds is 8. The van der Waals surface area contributed by atoms with Gasteiger partial charge in [0.05, 0.1) is 0 Å². The third-order valence-corrected chi connectivity index (χ3v) is 4.69. The van der Waals surface area contributed by atoms with E-state index in [4.69, 9.17) is 4.74 Å². The lowest BCUT2D eigenvalue weighted by atomic mass is 10.2. The van der Waals surface area contributed by atoms with Gasteiger partial charge >= 0.3 is 0 Å². The van der Waals surface area contributed by atoms with Crippen molar-refractivity contribution in [2.45, 2.75) is 12.8 Å². The van der Waals surface area contributed by atoms with Gasteiger partial charge in [0.25, 0.3) is 0 Å². The molecule has 1 aromatic heterocycles. The Morgan fingerprint density at radius 3 is 2.50 bits per heavy atom. The van der Waals surface area contributed by atoms with Gasteiger partial charge in [-0.3, -0.25) is 19.2 Å². The second-order valence-electron chi connectivity index (χ2n) is 6.81. The summed E-state index contributed by atoms with van der Waals surface area (Å²) in [6.45, 7) is 4.49. The van der Waals surface area contributed by atoms with Crippen molar-refractivity contribution < 1.29 is 14.3 Å². The van der Waals surface area contributed by atoms with Crippen molar-refractivity contribution in [3.63, 3.8) is 0 Å². The normalized spacial score (nSPS) is 14.7. The average molecular weight is 385 g/mol. The summed E-state index contributed by atoms with van der Waals surface area (Å²) in [5.74, 6) is 1.21. The number of benzene rings is 1. The first-order valence-corrected chi connectivity index (χ1v) is 9.57. The molecule has 8 nitrogen and oxygen atoms in total. The van der Waals surface area contributed by atoms with Crippen LogP contribution in [0.3, 0.4) is 0 Å². The van der Waals surface area contributed by atoms with E-state index >= 15 is 0 Å². The number of hydrogen-bond acceptors (Lipinski definition) is 5. The minimum Gasteiger partial charge on any atom is -0.492 e. The predicted molar refractivity (Wildman–Crippen MR) is 106 cm³/mol. The van der Waals surface area contributed by atoms with Gasteiger partial charge in [0.2, 0.25) is 11.8 Å². The van der Waals surface area contributed by atoms with Crippen LogP contribution in [0.1, 0.15) is 12.8 Å². The number of ether oxygens (including phenoxy) is 1. The van der Waals surface area contributed by atoms with E-state index in [-0.39, 0.29) is 24.7 Å². The molecule has 2 amide bonds. The molecule has 1 saturated heterocycles. The summed E-state index contributed by atoms with van der Waals surface area (Å²) >= 11 is 0. The number of amides is 2. The average Bonchev–Trinajstić information content (AvgIpc) is 3.12. The molecule has 1 aromatic carbocycles.